The number of H-pyrrole nitrogens is 1. The van der Waals surface area contributed by atoms with Crippen LogP contribution < -0.4 is 14.9 Å². The maximum atomic E-state index is 11.5. The Hall–Kier alpha value is -3.11. The van der Waals surface area contributed by atoms with Gasteiger partial charge in [-0.05, 0) is 43.5 Å². The van der Waals surface area contributed by atoms with Crippen molar-refractivity contribution >= 4 is 44.2 Å². The predicted octanol–water partition coefficient (Wildman–Crippen LogP) is 2.94. The van der Waals surface area contributed by atoms with Crippen molar-refractivity contribution in [2.24, 2.45) is 5.92 Å². The minimum absolute atomic E-state index is 0.0142. The molecule has 1 aliphatic heterocycles. The molecule has 162 valence electrons. The van der Waals surface area contributed by atoms with Gasteiger partial charge in [0.25, 0.3) is 0 Å². The van der Waals surface area contributed by atoms with Gasteiger partial charge >= 0.3 is 0 Å². The van der Waals surface area contributed by atoms with Gasteiger partial charge in [0.1, 0.15) is 11.5 Å². The molecule has 4 N–H and O–H groups in total. The molecule has 0 spiro atoms. The van der Waals surface area contributed by atoms with Crippen molar-refractivity contribution < 1.29 is 13.5 Å². The highest BCUT2D eigenvalue weighted by Crippen LogP contribution is 2.44. The number of aliphatic hydroxyl groups is 1. The Morgan fingerprint density at radius 1 is 1.26 bits per heavy atom. The van der Waals surface area contributed by atoms with Crippen molar-refractivity contribution in [3.8, 4) is 0 Å². The summed E-state index contributed by atoms with van der Waals surface area (Å²) >= 11 is 0. The summed E-state index contributed by atoms with van der Waals surface area (Å²) in [4.78, 5) is 14.7. The minimum atomic E-state index is -3.37. The summed E-state index contributed by atoms with van der Waals surface area (Å²) in [6.45, 7) is 0.0612. The Balaban J connectivity index is 1.53. The van der Waals surface area contributed by atoms with E-state index >= 15 is 0 Å². The molecule has 31 heavy (non-hydrogen) atoms. The smallest absolute Gasteiger partial charge is 0.231 e. The Labute approximate surface area is 180 Å². The Morgan fingerprint density at radius 3 is 2.90 bits per heavy atom. The van der Waals surface area contributed by atoms with Crippen LogP contribution in [0.2, 0.25) is 0 Å². The van der Waals surface area contributed by atoms with E-state index in [-0.39, 0.29) is 12.6 Å². The number of hydrogen-bond donors (Lipinski definition) is 4. The van der Waals surface area contributed by atoms with Crippen LogP contribution in [-0.2, 0) is 10.0 Å². The van der Waals surface area contributed by atoms with E-state index in [1.165, 1.54) is 5.70 Å². The van der Waals surface area contributed by atoms with Crippen LogP contribution in [0.3, 0.4) is 0 Å². The van der Waals surface area contributed by atoms with E-state index < -0.39 is 10.0 Å². The molecule has 0 unspecified atom stereocenters. The third-order valence-corrected chi connectivity index (χ3v) is 6.35. The first-order chi connectivity index (χ1) is 14.9. The van der Waals surface area contributed by atoms with Crippen molar-refractivity contribution in [2.75, 3.05) is 27.8 Å². The molecule has 3 heterocycles. The molecule has 2 aliphatic rings. The Kier molecular flexibility index (Phi) is 4.82. The second-order valence-electron chi connectivity index (χ2n) is 8.04. The lowest BCUT2D eigenvalue weighted by Crippen LogP contribution is -2.32. The van der Waals surface area contributed by atoms with Crippen LogP contribution in [-0.4, -0.2) is 47.4 Å². The molecular formula is C21H24N6O3S. The molecule has 3 aromatic rings. The standard InChI is InChI=1S/C21H24N6O3S/c1-31(29,30)26-15-6-3-5-14(11-15)23-21-24-19-17(8-9-22-19)20(25-21)27-16(12-28)10-13-4-2-7-18(13)27/h3,5-9,11,13,16,26,28H,2,4,10,12H2,1H3,(H2,22,23,24,25)/t13-,16-/m0/s1. The number of rotatable bonds is 6. The van der Waals surface area contributed by atoms with Gasteiger partial charge in [-0.3, -0.25) is 4.72 Å². The van der Waals surface area contributed by atoms with Gasteiger partial charge in [0.15, 0.2) is 0 Å². The molecule has 1 saturated heterocycles. The summed E-state index contributed by atoms with van der Waals surface area (Å²) in [6.07, 6.45) is 8.25. The topological polar surface area (TPSA) is 123 Å². The van der Waals surface area contributed by atoms with Gasteiger partial charge in [-0.2, -0.15) is 9.97 Å². The summed E-state index contributed by atoms with van der Waals surface area (Å²) in [5, 5.41) is 14.1. The molecule has 0 saturated carbocycles. The van der Waals surface area contributed by atoms with Crippen LogP contribution in [0.4, 0.5) is 23.1 Å². The van der Waals surface area contributed by atoms with E-state index in [9.17, 15) is 13.5 Å². The third kappa shape index (κ3) is 3.84. The largest absolute Gasteiger partial charge is 0.394 e. The number of benzene rings is 1. The van der Waals surface area contributed by atoms with Crippen LogP contribution >= 0.6 is 0 Å². The molecule has 2 atom stereocenters. The Morgan fingerprint density at radius 2 is 2.10 bits per heavy atom. The number of aromatic amines is 1. The molecule has 0 bridgehead atoms. The zero-order chi connectivity index (χ0) is 21.6. The van der Waals surface area contributed by atoms with E-state index in [4.69, 9.17) is 4.98 Å². The van der Waals surface area contributed by atoms with Gasteiger partial charge in [0.05, 0.1) is 30.0 Å². The number of hydrogen-bond acceptors (Lipinski definition) is 7. The van der Waals surface area contributed by atoms with Crippen molar-refractivity contribution in [2.45, 2.75) is 25.3 Å². The second-order valence-corrected chi connectivity index (χ2v) is 9.78. The lowest BCUT2D eigenvalue weighted by Gasteiger charge is -2.26. The molecule has 0 radical (unpaired) electrons. The number of allylic oxidation sites excluding steroid dienone is 2. The third-order valence-electron chi connectivity index (χ3n) is 5.74. The average Bonchev–Trinajstić information content (AvgIpc) is 3.41. The number of nitrogens with zero attached hydrogens (tertiary/aromatic N) is 3. The first-order valence-corrected chi connectivity index (χ1v) is 12.1. The number of aliphatic hydroxyl groups excluding tert-OH is 1. The highest BCUT2D eigenvalue weighted by Gasteiger charge is 2.40. The highest BCUT2D eigenvalue weighted by atomic mass is 32.2. The summed E-state index contributed by atoms with van der Waals surface area (Å²) in [7, 11) is -3.37. The van der Waals surface area contributed by atoms with Gasteiger partial charge in [-0.1, -0.05) is 12.1 Å². The zero-order valence-electron chi connectivity index (χ0n) is 17.0. The van der Waals surface area contributed by atoms with Crippen molar-refractivity contribution in [1.82, 2.24) is 15.0 Å². The van der Waals surface area contributed by atoms with E-state index in [0.717, 1.165) is 36.7 Å². The van der Waals surface area contributed by atoms with Gasteiger partial charge in [-0.15, -0.1) is 0 Å². The number of fused-ring (bicyclic) bond motifs is 2. The molecular weight excluding hydrogens is 416 g/mol. The quantitative estimate of drug-likeness (QED) is 0.465. The first-order valence-electron chi connectivity index (χ1n) is 10.2. The fraction of sp³-hybridized carbons (Fsp3) is 0.333. The van der Waals surface area contributed by atoms with Crippen molar-refractivity contribution in [3.05, 3.63) is 48.3 Å². The maximum Gasteiger partial charge on any atom is 0.231 e. The molecule has 1 aliphatic carbocycles. The number of anilines is 4. The molecule has 10 heteroatoms. The van der Waals surface area contributed by atoms with Crippen molar-refractivity contribution in [3.63, 3.8) is 0 Å². The fourth-order valence-electron chi connectivity index (χ4n) is 4.54. The molecule has 1 fully saturated rings. The van der Waals surface area contributed by atoms with Crippen LogP contribution in [0, 0.1) is 5.92 Å². The maximum absolute atomic E-state index is 11.5. The Bertz CT molecular complexity index is 1270. The van der Waals surface area contributed by atoms with Crippen LogP contribution in [0.15, 0.2) is 48.3 Å². The van der Waals surface area contributed by atoms with Gasteiger partial charge < -0.3 is 20.3 Å². The van der Waals surface area contributed by atoms with Gasteiger partial charge in [0.2, 0.25) is 16.0 Å². The first kappa shape index (κ1) is 19.8. The summed E-state index contributed by atoms with van der Waals surface area (Å²) in [5.74, 6) is 1.60. The summed E-state index contributed by atoms with van der Waals surface area (Å²) < 4.78 is 25.5. The molecule has 1 aromatic carbocycles. The minimum Gasteiger partial charge on any atom is -0.394 e. The van der Waals surface area contributed by atoms with Crippen LogP contribution in [0.25, 0.3) is 11.0 Å². The fourth-order valence-corrected chi connectivity index (χ4v) is 5.10. The van der Waals surface area contributed by atoms with Crippen LogP contribution in [0.5, 0.6) is 0 Å². The molecule has 0 amide bonds. The highest BCUT2D eigenvalue weighted by molar-refractivity contribution is 7.92. The zero-order valence-corrected chi connectivity index (χ0v) is 17.9. The number of nitrogens with one attached hydrogen (secondary N) is 3. The summed E-state index contributed by atoms with van der Waals surface area (Å²) in [6, 6.07) is 8.86. The van der Waals surface area contributed by atoms with E-state index in [2.05, 4.69) is 31.0 Å². The monoisotopic (exact) mass is 440 g/mol. The average molecular weight is 441 g/mol. The SMILES string of the molecule is CS(=O)(=O)Nc1cccc(Nc2nc(N3C4=CCC[C@H]4C[C@H]3CO)c3cc[nH]c3n2)c1. The van der Waals surface area contributed by atoms with Gasteiger partial charge in [0, 0.05) is 23.5 Å². The van der Waals surface area contributed by atoms with Crippen molar-refractivity contribution in [1.29, 1.82) is 0 Å². The molecule has 5 rings (SSSR count). The normalized spacial score (nSPS) is 20.7. The summed E-state index contributed by atoms with van der Waals surface area (Å²) in [5.41, 5.74) is 3.03. The lowest BCUT2D eigenvalue weighted by molar-refractivity contribution is 0.262. The van der Waals surface area contributed by atoms with E-state index in [0.29, 0.717) is 28.9 Å². The lowest BCUT2D eigenvalue weighted by atomic mass is 10.0. The second kappa shape index (κ2) is 7.54. The molecule has 9 nitrogen and oxygen atoms in total. The van der Waals surface area contributed by atoms with Crippen LogP contribution in [0.1, 0.15) is 19.3 Å². The number of sulfonamides is 1. The van der Waals surface area contributed by atoms with E-state index in [1.54, 1.807) is 18.2 Å². The molecule has 2 aromatic heterocycles. The predicted molar refractivity (Wildman–Crippen MR) is 121 cm³/mol. The van der Waals surface area contributed by atoms with Gasteiger partial charge in [-0.25, -0.2) is 8.42 Å². The number of aromatic nitrogens is 3. The van der Waals surface area contributed by atoms with E-state index in [1.807, 2.05) is 18.3 Å².